The minimum absolute atomic E-state index is 0.0684. The van der Waals surface area contributed by atoms with Gasteiger partial charge in [0, 0.05) is 20.6 Å². The van der Waals surface area contributed by atoms with E-state index >= 15 is 0 Å². The molecule has 0 aliphatic carbocycles. The summed E-state index contributed by atoms with van der Waals surface area (Å²) in [6, 6.07) is 13.8. The van der Waals surface area contributed by atoms with Gasteiger partial charge in [0.1, 0.15) is 11.6 Å². The first-order valence-electron chi connectivity index (χ1n) is 9.09. The van der Waals surface area contributed by atoms with E-state index in [2.05, 4.69) is 10.2 Å². The molecular weight excluding hydrogens is 391 g/mol. The zero-order valence-corrected chi connectivity index (χ0v) is 17.6. The highest BCUT2D eigenvalue weighted by atomic mass is 32.2. The lowest BCUT2D eigenvalue weighted by atomic mass is 10.2. The molecule has 2 aromatic carbocycles. The van der Waals surface area contributed by atoms with Crippen molar-refractivity contribution < 1.29 is 13.9 Å². The molecule has 6 nitrogen and oxygen atoms in total. The molecule has 0 bridgehead atoms. The van der Waals surface area contributed by atoms with E-state index in [-0.39, 0.29) is 17.0 Å². The smallest absolute Gasteiger partial charge is 0.235 e. The number of carbonyl (C=O) groups is 1. The van der Waals surface area contributed by atoms with Gasteiger partial charge >= 0.3 is 0 Å². The maximum absolute atomic E-state index is 13.4. The number of amides is 1. The Morgan fingerprint density at radius 2 is 2.00 bits per heavy atom. The molecule has 0 fully saturated rings. The van der Waals surface area contributed by atoms with E-state index in [0.29, 0.717) is 23.3 Å². The molecule has 0 spiro atoms. The van der Waals surface area contributed by atoms with Gasteiger partial charge in [0.25, 0.3) is 0 Å². The van der Waals surface area contributed by atoms with E-state index in [4.69, 9.17) is 4.74 Å². The van der Waals surface area contributed by atoms with Crippen LogP contribution in [0.3, 0.4) is 0 Å². The minimum atomic E-state index is -0.373. The van der Waals surface area contributed by atoms with Crippen molar-refractivity contribution in [2.24, 2.45) is 7.05 Å². The van der Waals surface area contributed by atoms with Crippen LogP contribution in [0.5, 0.6) is 5.75 Å². The average Bonchev–Trinajstić information content (AvgIpc) is 3.07. The molecule has 3 rings (SSSR count). The maximum Gasteiger partial charge on any atom is 0.235 e. The molecule has 152 valence electrons. The molecular formula is C21H23FN4O2S. The summed E-state index contributed by atoms with van der Waals surface area (Å²) < 4.78 is 20.6. The summed E-state index contributed by atoms with van der Waals surface area (Å²) in [5, 5.41) is 8.78. The molecule has 3 aromatic rings. The van der Waals surface area contributed by atoms with Crippen LogP contribution < -0.4 is 4.74 Å². The zero-order chi connectivity index (χ0) is 21.0. The van der Waals surface area contributed by atoms with Gasteiger partial charge in [0.2, 0.25) is 5.91 Å². The van der Waals surface area contributed by atoms with Gasteiger partial charge in [-0.3, -0.25) is 4.79 Å². The molecule has 1 heterocycles. The van der Waals surface area contributed by atoms with E-state index in [9.17, 15) is 9.18 Å². The number of para-hydroxylation sites is 1. The first kappa shape index (κ1) is 20.9. The van der Waals surface area contributed by atoms with E-state index in [1.807, 2.05) is 42.8 Å². The molecule has 0 saturated heterocycles. The predicted molar refractivity (Wildman–Crippen MR) is 111 cm³/mol. The Kier molecular flexibility index (Phi) is 6.53. The van der Waals surface area contributed by atoms with Gasteiger partial charge in [-0.25, -0.2) is 4.39 Å². The molecule has 0 radical (unpaired) electrons. The molecule has 1 atom stereocenters. The van der Waals surface area contributed by atoms with Crippen LogP contribution in [-0.2, 0) is 18.4 Å². The Bertz CT molecular complexity index is 1010. The Morgan fingerprint density at radius 3 is 2.72 bits per heavy atom. The van der Waals surface area contributed by atoms with Crippen LogP contribution in [0.1, 0.15) is 12.5 Å². The molecule has 0 unspecified atom stereocenters. The zero-order valence-electron chi connectivity index (χ0n) is 16.8. The number of ether oxygens (including phenoxy) is 1. The summed E-state index contributed by atoms with van der Waals surface area (Å²) in [6.07, 6.45) is 0. The van der Waals surface area contributed by atoms with E-state index in [0.717, 1.165) is 11.1 Å². The van der Waals surface area contributed by atoms with Gasteiger partial charge in [-0.1, -0.05) is 36.0 Å². The molecule has 1 aromatic heterocycles. The highest BCUT2D eigenvalue weighted by Gasteiger charge is 2.23. The summed E-state index contributed by atoms with van der Waals surface area (Å²) >= 11 is 1.33. The summed E-state index contributed by atoms with van der Waals surface area (Å²) in [4.78, 5) is 14.3. The van der Waals surface area contributed by atoms with Crippen LogP contribution in [0.4, 0.5) is 4.39 Å². The third-order valence-electron chi connectivity index (χ3n) is 4.50. The van der Waals surface area contributed by atoms with Crippen molar-refractivity contribution in [3.63, 3.8) is 0 Å². The van der Waals surface area contributed by atoms with Crippen molar-refractivity contribution in [1.82, 2.24) is 19.7 Å². The number of benzene rings is 2. The lowest BCUT2D eigenvalue weighted by Gasteiger charge is -2.21. The summed E-state index contributed by atoms with van der Waals surface area (Å²) in [7, 11) is 5.18. The maximum atomic E-state index is 13.4. The second-order valence-electron chi connectivity index (χ2n) is 6.65. The number of aromatic nitrogens is 3. The standard InChI is InChI=1S/C21H23FN4O2S/c1-14(20(27)25(2)13-15-8-7-9-16(22)12-15)29-21-24-23-19(26(21)3)17-10-5-6-11-18(17)28-4/h5-12,14H,13H2,1-4H3/t14-/m1/s1. The van der Waals surface area contributed by atoms with Crippen molar-refractivity contribution in [3.8, 4) is 17.1 Å². The Morgan fingerprint density at radius 1 is 1.24 bits per heavy atom. The fourth-order valence-corrected chi connectivity index (χ4v) is 3.92. The molecule has 0 aliphatic rings. The van der Waals surface area contributed by atoms with Crippen molar-refractivity contribution in [1.29, 1.82) is 0 Å². The number of hydrogen-bond acceptors (Lipinski definition) is 5. The molecule has 0 saturated carbocycles. The van der Waals surface area contributed by atoms with Crippen LogP contribution in [0.2, 0.25) is 0 Å². The van der Waals surface area contributed by atoms with Crippen LogP contribution in [0.25, 0.3) is 11.4 Å². The lowest BCUT2D eigenvalue weighted by molar-refractivity contribution is -0.129. The Labute approximate surface area is 173 Å². The molecule has 0 aliphatic heterocycles. The quantitative estimate of drug-likeness (QED) is 0.551. The molecule has 0 N–H and O–H groups in total. The van der Waals surface area contributed by atoms with Crippen molar-refractivity contribution >= 4 is 17.7 Å². The van der Waals surface area contributed by atoms with Crippen molar-refractivity contribution in [2.45, 2.75) is 23.9 Å². The normalized spacial score (nSPS) is 11.9. The summed E-state index contributed by atoms with van der Waals surface area (Å²) in [5.74, 6) is 0.992. The number of carbonyl (C=O) groups excluding carboxylic acids is 1. The minimum Gasteiger partial charge on any atom is -0.496 e. The first-order chi connectivity index (χ1) is 13.9. The van der Waals surface area contributed by atoms with Gasteiger partial charge < -0.3 is 14.2 Å². The van der Waals surface area contributed by atoms with Gasteiger partial charge in [-0.05, 0) is 36.8 Å². The first-order valence-corrected chi connectivity index (χ1v) is 9.97. The Hall–Kier alpha value is -2.87. The average molecular weight is 415 g/mol. The fourth-order valence-electron chi connectivity index (χ4n) is 2.99. The van der Waals surface area contributed by atoms with Crippen LogP contribution in [0, 0.1) is 5.82 Å². The van der Waals surface area contributed by atoms with E-state index in [1.165, 1.54) is 23.9 Å². The van der Waals surface area contributed by atoms with Crippen LogP contribution in [-0.4, -0.2) is 45.0 Å². The SMILES string of the molecule is COc1ccccc1-c1nnc(S[C@H](C)C(=O)N(C)Cc2cccc(F)c2)n1C. The topological polar surface area (TPSA) is 60.3 Å². The number of halogens is 1. The number of methoxy groups -OCH3 is 1. The molecule has 29 heavy (non-hydrogen) atoms. The monoisotopic (exact) mass is 414 g/mol. The highest BCUT2D eigenvalue weighted by molar-refractivity contribution is 8.00. The van der Waals surface area contributed by atoms with Crippen LogP contribution >= 0.6 is 11.8 Å². The lowest BCUT2D eigenvalue weighted by Crippen LogP contribution is -2.33. The molecule has 8 heteroatoms. The number of rotatable bonds is 7. The predicted octanol–water partition coefficient (Wildman–Crippen LogP) is 3.77. The second kappa shape index (κ2) is 9.09. The summed E-state index contributed by atoms with van der Waals surface area (Å²) in [5.41, 5.74) is 1.58. The second-order valence-corrected chi connectivity index (χ2v) is 7.96. The van der Waals surface area contributed by atoms with Crippen LogP contribution in [0.15, 0.2) is 53.7 Å². The van der Waals surface area contributed by atoms with Gasteiger partial charge in [0.05, 0.1) is 17.9 Å². The fraction of sp³-hybridized carbons (Fsp3) is 0.286. The number of thioether (sulfide) groups is 1. The van der Waals surface area contributed by atoms with Crippen molar-refractivity contribution in [3.05, 3.63) is 59.9 Å². The van der Waals surface area contributed by atoms with Gasteiger partial charge in [0.15, 0.2) is 11.0 Å². The van der Waals surface area contributed by atoms with E-state index in [1.54, 1.807) is 31.2 Å². The molecule has 1 amide bonds. The third kappa shape index (κ3) is 4.76. The number of nitrogens with zero attached hydrogens (tertiary/aromatic N) is 4. The summed E-state index contributed by atoms with van der Waals surface area (Å²) in [6.45, 7) is 2.17. The Balaban J connectivity index is 1.71. The van der Waals surface area contributed by atoms with Crippen molar-refractivity contribution in [2.75, 3.05) is 14.2 Å². The largest absolute Gasteiger partial charge is 0.496 e. The third-order valence-corrected chi connectivity index (χ3v) is 5.62. The number of hydrogen-bond donors (Lipinski definition) is 0. The van der Waals surface area contributed by atoms with E-state index < -0.39 is 0 Å². The highest BCUT2D eigenvalue weighted by Crippen LogP contribution is 2.31. The van der Waals surface area contributed by atoms with Gasteiger partial charge in [-0.2, -0.15) is 0 Å². The van der Waals surface area contributed by atoms with Gasteiger partial charge in [-0.15, -0.1) is 10.2 Å².